The molecule has 0 aromatic carbocycles. The first kappa shape index (κ1) is 24.6. The van der Waals surface area contributed by atoms with Gasteiger partial charge >= 0.3 is 0 Å². The van der Waals surface area contributed by atoms with Crippen molar-refractivity contribution in [3.63, 3.8) is 0 Å². The van der Waals surface area contributed by atoms with E-state index in [4.69, 9.17) is 14.2 Å². The first-order valence-electron chi connectivity index (χ1n) is 10.4. The van der Waals surface area contributed by atoms with Crippen molar-refractivity contribution in [3.8, 4) is 0 Å². The third-order valence-corrected chi connectivity index (χ3v) is 5.10. The van der Waals surface area contributed by atoms with Crippen LogP contribution in [0.3, 0.4) is 0 Å². The lowest BCUT2D eigenvalue weighted by molar-refractivity contribution is 0.0313. The Morgan fingerprint density at radius 3 is 2.43 bits per heavy atom. The highest BCUT2D eigenvalue weighted by atomic mass is 16.5. The van der Waals surface area contributed by atoms with E-state index in [1.54, 1.807) is 12.7 Å². The minimum Gasteiger partial charge on any atom is -0.382 e. The van der Waals surface area contributed by atoms with Crippen molar-refractivity contribution in [1.82, 2.24) is 0 Å². The van der Waals surface area contributed by atoms with Crippen molar-refractivity contribution in [2.24, 2.45) is 5.41 Å². The summed E-state index contributed by atoms with van der Waals surface area (Å²) in [6.07, 6.45) is 16.8. The van der Waals surface area contributed by atoms with Gasteiger partial charge in [-0.25, -0.2) is 0 Å². The summed E-state index contributed by atoms with van der Waals surface area (Å²) in [5.74, 6) is 0. The largest absolute Gasteiger partial charge is 0.382 e. The highest BCUT2D eigenvalue weighted by Gasteiger charge is 2.26. The molecule has 0 aliphatic heterocycles. The van der Waals surface area contributed by atoms with Crippen LogP contribution in [0.4, 0.5) is 0 Å². The molecule has 3 nitrogen and oxygen atoms in total. The molecule has 0 atom stereocenters. The molecule has 0 amide bonds. The zero-order valence-electron chi connectivity index (χ0n) is 18.8. The highest BCUT2D eigenvalue weighted by Crippen LogP contribution is 2.40. The Labute approximate surface area is 172 Å². The second-order valence-electron chi connectivity index (χ2n) is 8.16. The van der Waals surface area contributed by atoms with E-state index in [0.717, 1.165) is 0 Å². The fourth-order valence-electron chi connectivity index (χ4n) is 3.34. The minimum absolute atomic E-state index is 0.295. The second kappa shape index (κ2) is 13.7. The number of methoxy groups -OCH3 is 1. The van der Waals surface area contributed by atoms with Gasteiger partial charge in [0.25, 0.3) is 0 Å². The Morgan fingerprint density at radius 2 is 1.71 bits per heavy atom. The van der Waals surface area contributed by atoms with Gasteiger partial charge in [0.05, 0.1) is 33.0 Å². The van der Waals surface area contributed by atoms with Crippen LogP contribution in [0.1, 0.15) is 53.9 Å². The van der Waals surface area contributed by atoms with Crippen LogP contribution in [0.25, 0.3) is 0 Å². The topological polar surface area (TPSA) is 27.7 Å². The van der Waals surface area contributed by atoms with E-state index in [9.17, 15) is 0 Å². The molecule has 0 saturated carbocycles. The summed E-state index contributed by atoms with van der Waals surface area (Å²) in [7, 11) is 1.67. The summed E-state index contributed by atoms with van der Waals surface area (Å²) in [4.78, 5) is 0. The van der Waals surface area contributed by atoms with Crippen LogP contribution in [0.5, 0.6) is 0 Å². The fraction of sp³-hybridized carbons (Fsp3) is 0.600. The van der Waals surface area contributed by atoms with Gasteiger partial charge in [0, 0.05) is 7.11 Å². The Morgan fingerprint density at radius 1 is 1.00 bits per heavy atom. The van der Waals surface area contributed by atoms with E-state index in [2.05, 4.69) is 71.1 Å². The predicted molar refractivity (Wildman–Crippen MR) is 120 cm³/mol. The first-order chi connectivity index (χ1) is 13.4. The van der Waals surface area contributed by atoms with Crippen molar-refractivity contribution >= 4 is 0 Å². The van der Waals surface area contributed by atoms with E-state index < -0.39 is 0 Å². The summed E-state index contributed by atoms with van der Waals surface area (Å²) in [5, 5.41) is 0. The van der Waals surface area contributed by atoms with Crippen molar-refractivity contribution in [1.29, 1.82) is 0 Å². The van der Waals surface area contributed by atoms with Crippen LogP contribution >= 0.6 is 0 Å². The van der Waals surface area contributed by atoms with Gasteiger partial charge in [-0.2, -0.15) is 0 Å². The van der Waals surface area contributed by atoms with Crippen LogP contribution < -0.4 is 0 Å². The molecule has 0 aromatic rings. The zero-order valence-corrected chi connectivity index (χ0v) is 18.8. The summed E-state index contributed by atoms with van der Waals surface area (Å²) in [5.41, 5.74) is 5.80. The molecule has 1 aliphatic rings. The highest BCUT2D eigenvalue weighted by molar-refractivity contribution is 5.37. The van der Waals surface area contributed by atoms with Gasteiger partial charge in [-0.15, -0.1) is 0 Å². The first-order valence-corrected chi connectivity index (χ1v) is 10.4. The number of rotatable bonds is 12. The van der Waals surface area contributed by atoms with E-state index in [0.29, 0.717) is 38.4 Å². The lowest BCUT2D eigenvalue weighted by Gasteiger charge is -2.32. The van der Waals surface area contributed by atoms with Gasteiger partial charge in [-0.3, -0.25) is 0 Å². The number of hydrogen-bond donors (Lipinski definition) is 0. The zero-order chi connectivity index (χ0) is 20.8. The summed E-state index contributed by atoms with van der Waals surface area (Å²) in [6, 6.07) is 0. The third-order valence-electron chi connectivity index (χ3n) is 5.10. The molecule has 28 heavy (non-hydrogen) atoms. The van der Waals surface area contributed by atoms with Crippen molar-refractivity contribution in [2.75, 3.05) is 40.1 Å². The molecule has 158 valence electrons. The van der Waals surface area contributed by atoms with E-state index in [-0.39, 0.29) is 0 Å². The molecule has 0 bridgehead atoms. The molecule has 3 heteroatoms. The van der Waals surface area contributed by atoms with Crippen LogP contribution in [-0.2, 0) is 14.2 Å². The van der Waals surface area contributed by atoms with Crippen LogP contribution in [-0.4, -0.2) is 40.1 Å². The monoisotopic (exact) mass is 388 g/mol. The Kier molecular flexibility index (Phi) is 12.1. The van der Waals surface area contributed by atoms with Gasteiger partial charge in [0.1, 0.15) is 0 Å². The van der Waals surface area contributed by atoms with Crippen LogP contribution in [0, 0.1) is 5.41 Å². The maximum atomic E-state index is 5.54. The Hall–Kier alpha value is -1.42. The SMILES string of the molecule is COCCOCCOC/C=C(C)/C=C/C=C(C)/C=C/C1=C(C)CCCC1(C)C. The van der Waals surface area contributed by atoms with Gasteiger partial charge in [-0.05, 0) is 51.0 Å². The molecule has 0 saturated heterocycles. The Bertz CT molecular complexity index is 603. The average Bonchev–Trinajstić information content (AvgIpc) is 2.63. The van der Waals surface area contributed by atoms with E-state index >= 15 is 0 Å². The molecule has 0 radical (unpaired) electrons. The molecule has 0 fully saturated rings. The Balaban J connectivity index is 2.39. The standard InChI is InChI=1S/C25H40O3/c1-21(12-13-24-23(3)11-8-15-25(24,4)5)9-7-10-22(2)14-16-27-19-20-28-18-17-26-6/h7,9-10,12-14H,8,11,15-20H2,1-6H3/b10-7+,13-12+,21-9+,22-14+. The van der Waals surface area contributed by atoms with Crippen molar-refractivity contribution in [3.05, 3.63) is 58.7 Å². The molecule has 0 spiro atoms. The number of ether oxygens (including phenoxy) is 3. The maximum absolute atomic E-state index is 5.54. The quantitative estimate of drug-likeness (QED) is 0.294. The normalized spacial score (nSPS) is 18.6. The lowest BCUT2D eigenvalue weighted by Crippen LogP contribution is -2.19. The van der Waals surface area contributed by atoms with E-state index in [1.807, 2.05) is 0 Å². The summed E-state index contributed by atoms with van der Waals surface area (Å²) < 4.78 is 15.8. The molecule has 0 aromatic heterocycles. The fourth-order valence-corrected chi connectivity index (χ4v) is 3.34. The predicted octanol–water partition coefficient (Wildman–Crippen LogP) is 6.20. The molecular weight excluding hydrogens is 348 g/mol. The van der Waals surface area contributed by atoms with Gasteiger partial charge in [0.15, 0.2) is 0 Å². The van der Waals surface area contributed by atoms with Crippen LogP contribution in [0.15, 0.2) is 58.7 Å². The molecule has 1 aliphatic carbocycles. The number of allylic oxidation sites excluding steroid dienone is 9. The van der Waals surface area contributed by atoms with Crippen molar-refractivity contribution < 1.29 is 14.2 Å². The molecule has 0 N–H and O–H groups in total. The van der Waals surface area contributed by atoms with Crippen molar-refractivity contribution in [2.45, 2.75) is 53.9 Å². The molecule has 1 rings (SSSR count). The van der Waals surface area contributed by atoms with Gasteiger partial charge < -0.3 is 14.2 Å². The molecular formula is C25H40O3. The third kappa shape index (κ3) is 10.2. The molecule has 0 unspecified atom stereocenters. The lowest BCUT2D eigenvalue weighted by atomic mass is 9.72. The maximum Gasteiger partial charge on any atom is 0.0704 e. The minimum atomic E-state index is 0.295. The average molecular weight is 389 g/mol. The van der Waals surface area contributed by atoms with E-state index in [1.165, 1.54) is 36.0 Å². The molecule has 0 heterocycles. The van der Waals surface area contributed by atoms with Crippen LogP contribution in [0.2, 0.25) is 0 Å². The second-order valence-corrected chi connectivity index (χ2v) is 8.16. The number of hydrogen-bond acceptors (Lipinski definition) is 3. The van der Waals surface area contributed by atoms with Gasteiger partial charge in [0.2, 0.25) is 0 Å². The smallest absolute Gasteiger partial charge is 0.0704 e. The summed E-state index contributed by atoms with van der Waals surface area (Å²) >= 11 is 0. The van der Waals surface area contributed by atoms with Gasteiger partial charge in [-0.1, -0.05) is 67.0 Å². The summed E-state index contributed by atoms with van der Waals surface area (Å²) in [6.45, 7) is 14.3.